The van der Waals surface area contributed by atoms with E-state index in [0.29, 0.717) is 10.8 Å². The quantitative estimate of drug-likeness (QED) is 0.733. The van der Waals surface area contributed by atoms with Crippen LogP contribution in [0.5, 0.6) is 0 Å². The summed E-state index contributed by atoms with van der Waals surface area (Å²) in [6, 6.07) is 7.49. The molecule has 0 saturated heterocycles. The number of anilines is 1. The number of aromatic nitrogens is 1. The minimum Gasteiger partial charge on any atom is -0.383 e. The van der Waals surface area contributed by atoms with Gasteiger partial charge in [-0.15, -0.1) is 12.4 Å². The number of pyridine rings is 1. The van der Waals surface area contributed by atoms with Crippen molar-refractivity contribution < 1.29 is 0 Å². The highest BCUT2D eigenvalue weighted by Gasteiger charge is 1.97. The Morgan fingerprint density at radius 3 is 2.77 bits per heavy atom. The molecule has 13 heavy (non-hydrogen) atoms. The van der Waals surface area contributed by atoms with Gasteiger partial charge in [-0.3, -0.25) is 0 Å². The second kappa shape index (κ2) is 3.81. The third-order valence-corrected chi connectivity index (χ3v) is 1.99. The molecule has 4 heteroatoms. The van der Waals surface area contributed by atoms with Gasteiger partial charge in [-0.05, 0) is 23.6 Å². The average molecular weight is 215 g/mol. The number of benzene rings is 1. The van der Waals surface area contributed by atoms with Crippen molar-refractivity contribution in [2.24, 2.45) is 0 Å². The highest BCUT2D eigenvalue weighted by atomic mass is 35.5. The number of nitrogens with two attached hydrogens (primary N) is 1. The molecule has 68 valence electrons. The zero-order valence-corrected chi connectivity index (χ0v) is 8.27. The van der Waals surface area contributed by atoms with E-state index in [0.717, 1.165) is 10.8 Å². The lowest BCUT2D eigenvalue weighted by Gasteiger charge is -1.99. The molecule has 0 spiro atoms. The van der Waals surface area contributed by atoms with Gasteiger partial charge < -0.3 is 5.73 Å². The average Bonchev–Trinajstić information content (AvgIpc) is 2.07. The van der Waals surface area contributed by atoms with Crippen molar-refractivity contribution in [3.05, 3.63) is 35.5 Å². The van der Waals surface area contributed by atoms with Crippen LogP contribution in [0.15, 0.2) is 30.5 Å². The van der Waals surface area contributed by atoms with Gasteiger partial charge in [0.15, 0.2) is 0 Å². The summed E-state index contributed by atoms with van der Waals surface area (Å²) in [5, 5.41) is 2.65. The van der Waals surface area contributed by atoms with Crippen molar-refractivity contribution in [1.29, 1.82) is 0 Å². The monoisotopic (exact) mass is 214 g/mol. The molecule has 0 atom stereocenters. The second-order valence-corrected chi connectivity index (χ2v) is 3.00. The van der Waals surface area contributed by atoms with Crippen molar-refractivity contribution in [3.8, 4) is 0 Å². The summed E-state index contributed by atoms with van der Waals surface area (Å²) in [7, 11) is 0. The smallest absolute Gasteiger partial charge is 0.131 e. The Hall–Kier alpha value is -0.990. The molecule has 2 rings (SSSR count). The van der Waals surface area contributed by atoms with Gasteiger partial charge in [0.2, 0.25) is 0 Å². The fourth-order valence-corrected chi connectivity index (χ4v) is 1.34. The summed E-state index contributed by atoms with van der Waals surface area (Å²) in [5.74, 6) is 0.523. The highest BCUT2D eigenvalue weighted by Crippen LogP contribution is 2.22. The number of rotatable bonds is 0. The molecular weight excluding hydrogens is 207 g/mol. The molecule has 0 aliphatic rings. The molecule has 0 unspecified atom stereocenters. The van der Waals surface area contributed by atoms with E-state index in [4.69, 9.17) is 17.3 Å². The van der Waals surface area contributed by atoms with Crippen molar-refractivity contribution in [2.75, 3.05) is 5.73 Å². The number of hydrogen-bond donors (Lipinski definition) is 1. The third kappa shape index (κ3) is 1.85. The minimum absolute atomic E-state index is 0. The van der Waals surface area contributed by atoms with E-state index in [9.17, 15) is 0 Å². The number of fused-ring (bicyclic) bond motifs is 1. The van der Waals surface area contributed by atoms with Gasteiger partial charge in [-0.25, -0.2) is 4.98 Å². The molecule has 2 nitrogen and oxygen atoms in total. The largest absolute Gasteiger partial charge is 0.383 e. The first-order valence-corrected chi connectivity index (χ1v) is 3.95. The Morgan fingerprint density at radius 1 is 1.23 bits per heavy atom. The summed E-state index contributed by atoms with van der Waals surface area (Å²) in [6.45, 7) is 0. The van der Waals surface area contributed by atoms with E-state index in [1.54, 1.807) is 6.20 Å². The number of nitrogen functional groups attached to an aromatic ring is 1. The van der Waals surface area contributed by atoms with Crippen LogP contribution in [0.4, 0.5) is 5.82 Å². The molecular formula is C9H8Cl2N2. The third-order valence-electron chi connectivity index (χ3n) is 1.76. The normalized spacial score (nSPS) is 9.62. The number of nitrogens with zero attached hydrogens (tertiary/aromatic N) is 1. The number of halogens is 2. The molecule has 0 amide bonds. The zero-order chi connectivity index (χ0) is 8.55. The Labute approximate surface area is 87.1 Å². The van der Waals surface area contributed by atoms with Crippen LogP contribution in [0.3, 0.4) is 0 Å². The van der Waals surface area contributed by atoms with Gasteiger partial charge in [0.25, 0.3) is 0 Å². The van der Waals surface area contributed by atoms with E-state index >= 15 is 0 Å². The molecule has 0 fully saturated rings. The predicted octanol–water partition coefficient (Wildman–Crippen LogP) is 2.89. The van der Waals surface area contributed by atoms with Gasteiger partial charge in [-0.1, -0.05) is 17.7 Å². The first-order chi connectivity index (χ1) is 5.77. The molecule has 0 aliphatic carbocycles. The fourth-order valence-electron chi connectivity index (χ4n) is 1.16. The van der Waals surface area contributed by atoms with Crippen LogP contribution in [0, 0.1) is 0 Å². The van der Waals surface area contributed by atoms with Crippen LogP contribution in [0.2, 0.25) is 5.02 Å². The highest BCUT2D eigenvalue weighted by molar-refractivity contribution is 6.31. The first kappa shape index (κ1) is 10.1. The molecule has 0 bridgehead atoms. The summed E-state index contributed by atoms with van der Waals surface area (Å²) < 4.78 is 0. The second-order valence-electron chi connectivity index (χ2n) is 2.56. The maximum Gasteiger partial charge on any atom is 0.131 e. The Bertz CT molecular complexity index is 429. The van der Waals surface area contributed by atoms with E-state index < -0.39 is 0 Å². The van der Waals surface area contributed by atoms with Crippen LogP contribution in [-0.2, 0) is 0 Å². The standard InChI is InChI=1S/C9H7ClN2.ClH/c10-7-2-1-6-3-4-12-9(11)8(6)5-7;/h1-5H,(H2,11,12);1H. The molecule has 2 N–H and O–H groups in total. The Kier molecular flexibility index (Phi) is 2.96. The lowest BCUT2D eigenvalue weighted by molar-refractivity contribution is 1.37. The molecule has 2 aromatic rings. The summed E-state index contributed by atoms with van der Waals surface area (Å²) in [5.41, 5.74) is 5.66. The first-order valence-electron chi connectivity index (χ1n) is 3.57. The molecule has 0 saturated carbocycles. The van der Waals surface area contributed by atoms with Crippen molar-refractivity contribution in [3.63, 3.8) is 0 Å². The summed E-state index contributed by atoms with van der Waals surface area (Å²) >= 11 is 5.81. The maximum absolute atomic E-state index is 5.81. The van der Waals surface area contributed by atoms with Crippen LogP contribution in [0.1, 0.15) is 0 Å². The van der Waals surface area contributed by atoms with E-state index in [1.165, 1.54) is 0 Å². The van der Waals surface area contributed by atoms with Crippen LogP contribution in [0.25, 0.3) is 10.8 Å². The molecule has 1 heterocycles. The lowest BCUT2D eigenvalue weighted by atomic mass is 10.2. The SMILES string of the molecule is Cl.Nc1nccc2ccc(Cl)cc12. The van der Waals surface area contributed by atoms with Crippen molar-refractivity contribution >= 4 is 40.6 Å². The molecule has 1 aromatic heterocycles. The zero-order valence-electron chi connectivity index (χ0n) is 6.70. The van der Waals surface area contributed by atoms with E-state index in [2.05, 4.69) is 4.98 Å². The molecule has 0 radical (unpaired) electrons. The van der Waals surface area contributed by atoms with Crippen molar-refractivity contribution in [2.45, 2.75) is 0 Å². The van der Waals surface area contributed by atoms with Crippen molar-refractivity contribution in [1.82, 2.24) is 4.98 Å². The summed E-state index contributed by atoms with van der Waals surface area (Å²) in [4.78, 5) is 3.97. The predicted molar refractivity (Wildman–Crippen MR) is 58.4 cm³/mol. The maximum atomic E-state index is 5.81. The van der Waals surface area contributed by atoms with Crippen LogP contribution < -0.4 is 5.73 Å². The molecule has 1 aromatic carbocycles. The molecule has 0 aliphatic heterocycles. The van der Waals surface area contributed by atoms with Gasteiger partial charge in [0.05, 0.1) is 0 Å². The van der Waals surface area contributed by atoms with Crippen LogP contribution >= 0.6 is 24.0 Å². The van der Waals surface area contributed by atoms with E-state index in [-0.39, 0.29) is 12.4 Å². The fraction of sp³-hybridized carbons (Fsp3) is 0. The summed E-state index contributed by atoms with van der Waals surface area (Å²) in [6.07, 6.45) is 1.69. The van der Waals surface area contributed by atoms with Crippen LogP contribution in [-0.4, -0.2) is 4.98 Å². The van der Waals surface area contributed by atoms with E-state index in [1.807, 2.05) is 24.3 Å². The Balaban J connectivity index is 0.000000845. The van der Waals surface area contributed by atoms with Gasteiger partial charge in [0.1, 0.15) is 5.82 Å². The lowest BCUT2D eigenvalue weighted by Crippen LogP contribution is -1.89. The number of hydrogen-bond acceptors (Lipinski definition) is 2. The van der Waals surface area contributed by atoms with Gasteiger partial charge in [0, 0.05) is 16.6 Å². The van der Waals surface area contributed by atoms with Gasteiger partial charge >= 0.3 is 0 Å². The Morgan fingerprint density at radius 2 is 2.00 bits per heavy atom. The topological polar surface area (TPSA) is 38.9 Å². The van der Waals surface area contributed by atoms with Gasteiger partial charge in [-0.2, -0.15) is 0 Å². The minimum atomic E-state index is 0.